The van der Waals surface area contributed by atoms with Crippen molar-refractivity contribution in [1.82, 2.24) is 4.90 Å². The minimum absolute atomic E-state index is 0.114. The van der Waals surface area contributed by atoms with Gasteiger partial charge < -0.3 is 20.1 Å². The van der Waals surface area contributed by atoms with Gasteiger partial charge in [0.15, 0.2) is 5.96 Å². The van der Waals surface area contributed by atoms with E-state index in [2.05, 4.69) is 38.2 Å². The second kappa shape index (κ2) is 37.5. The summed E-state index contributed by atoms with van der Waals surface area (Å²) in [5, 5.41) is 7.79. The highest BCUT2D eigenvalue weighted by Crippen LogP contribution is 2.12. The van der Waals surface area contributed by atoms with Crippen LogP contribution in [0.4, 0.5) is 0 Å². The second-order valence-electron chi connectivity index (χ2n) is 13.5. The first-order valence-electron chi connectivity index (χ1n) is 20.2. The molecule has 7 nitrogen and oxygen atoms in total. The maximum atomic E-state index is 12.1. The number of esters is 2. The number of carbonyl (C=O) groups is 2. The SMILES string of the molecule is CCCCCCCC/C=C/CCCCCCCC(=O)OCCN(CCOC(=O)CCCCCCC/C=C/CCCCCCCC)C(=N)N. The number of carbonyl (C=O) groups excluding carboxylic acids is 2. The lowest BCUT2D eigenvalue weighted by atomic mass is 10.1. The van der Waals surface area contributed by atoms with Gasteiger partial charge in [0.25, 0.3) is 0 Å². The molecule has 0 saturated carbocycles. The van der Waals surface area contributed by atoms with Crippen LogP contribution in [0.3, 0.4) is 0 Å². The number of nitrogens with two attached hydrogens (primary N) is 1. The Hall–Kier alpha value is -2.31. The average Bonchev–Trinajstić information content (AvgIpc) is 3.07. The summed E-state index contributed by atoms with van der Waals surface area (Å²) in [4.78, 5) is 25.8. The Balaban J connectivity index is 3.65. The molecule has 7 heteroatoms. The van der Waals surface area contributed by atoms with E-state index in [0.29, 0.717) is 25.9 Å². The zero-order valence-electron chi connectivity index (χ0n) is 31.6. The van der Waals surface area contributed by atoms with Gasteiger partial charge in [0, 0.05) is 12.8 Å². The average molecular weight is 676 g/mol. The van der Waals surface area contributed by atoms with Gasteiger partial charge in [-0.15, -0.1) is 0 Å². The maximum Gasteiger partial charge on any atom is 0.305 e. The number of nitrogens with one attached hydrogen (secondary N) is 1. The van der Waals surface area contributed by atoms with Crippen molar-refractivity contribution in [2.45, 2.75) is 194 Å². The molecular weight excluding hydrogens is 598 g/mol. The smallest absolute Gasteiger partial charge is 0.305 e. The lowest BCUT2D eigenvalue weighted by Crippen LogP contribution is -2.41. The van der Waals surface area contributed by atoms with Crippen LogP contribution < -0.4 is 5.73 Å². The molecule has 0 fully saturated rings. The summed E-state index contributed by atoms with van der Waals surface area (Å²) < 4.78 is 10.7. The Labute approximate surface area is 296 Å². The summed E-state index contributed by atoms with van der Waals surface area (Å²) in [7, 11) is 0. The molecule has 280 valence electrons. The van der Waals surface area contributed by atoms with E-state index in [4.69, 9.17) is 20.6 Å². The summed E-state index contributed by atoms with van der Waals surface area (Å²) >= 11 is 0. The number of hydrogen-bond donors (Lipinski definition) is 2. The van der Waals surface area contributed by atoms with Crippen LogP contribution in [0.15, 0.2) is 24.3 Å². The van der Waals surface area contributed by atoms with Gasteiger partial charge >= 0.3 is 11.9 Å². The zero-order chi connectivity index (χ0) is 35.2. The molecule has 0 heterocycles. The third-order valence-corrected chi connectivity index (χ3v) is 8.87. The lowest BCUT2D eigenvalue weighted by molar-refractivity contribution is -0.144. The predicted octanol–water partition coefficient (Wildman–Crippen LogP) is 11.3. The van der Waals surface area contributed by atoms with Gasteiger partial charge in [-0.05, 0) is 64.2 Å². The van der Waals surface area contributed by atoms with Crippen molar-refractivity contribution in [3.05, 3.63) is 24.3 Å². The van der Waals surface area contributed by atoms with Gasteiger partial charge in [-0.25, -0.2) is 0 Å². The Morgan fingerprint density at radius 1 is 0.500 bits per heavy atom. The molecular formula is C41H77N3O4. The molecule has 0 aromatic carbocycles. The largest absolute Gasteiger partial charge is 0.464 e. The van der Waals surface area contributed by atoms with Crippen LogP contribution in [0, 0.1) is 5.41 Å². The molecule has 0 spiro atoms. The van der Waals surface area contributed by atoms with Crippen LogP contribution in [0.5, 0.6) is 0 Å². The predicted molar refractivity (Wildman–Crippen MR) is 204 cm³/mol. The van der Waals surface area contributed by atoms with Gasteiger partial charge in [-0.1, -0.05) is 141 Å². The molecule has 0 aliphatic carbocycles. The van der Waals surface area contributed by atoms with Crippen molar-refractivity contribution >= 4 is 17.9 Å². The highest BCUT2D eigenvalue weighted by atomic mass is 16.5. The molecule has 0 rings (SSSR count). The van der Waals surface area contributed by atoms with Crippen molar-refractivity contribution in [2.75, 3.05) is 26.3 Å². The highest BCUT2D eigenvalue weighted by molar-refractivity contribution is 5.74. The fourth-order valence-electron chi connectivity index (χ4n) is 5.72. The quantitative estimate of drug-likeness (QED) is 0.0225. The molecule has 0 atom stereocenters. The molecule has 0 unspecified atom stereocenters. The molecule has 0 radical (unpaired) electrons. The fraction of sp³-hybridized carbons (Fsp3) is 0.829. The first-order valence-corrected chi connectivity index (χ1v) is 20.2. The first kappa shape index (κ1) is 45.7. The van der Waals surface area contributed by atoms with Crippen molar-refractivity contribution in [1.29, 1.82) is 5.41 Å². The Morgan fingerprint density at radius 2 is 0.792 bits per heavy atom. The monoisotopic (exact) mass is 676 g/mol. The standard InChI is InChI=1S/C41H77N3O4/c1-3-5-7-9-11-13-15-17-19-21-23-25-27-29-31-33-39(45)47-37-35-44(41(42)43)36-38-48-40(46)34-32-30-28-26-24-22-20-18-16-14-12-10-8-6-4-2/h17-20H,3-16,21-38H2,1-2H3,(H3,42,43)/b19-17+,20-18+. The van der Waals surface area contributed by atoms with Crippen LogP contribution >= 0.6 is 0 Å². The lowest BCUT2D eigenvalue weighted by Gasteiger charge is -2.22. The fourth-order valence-corrected chi connectivity index (χ4v) is 5.72. The molecule has 0 aromatic heterocycles. The number of allylic oxidation sites excluding steroid dienone is 4. The molecule has 0 aliphatic rings. The van der Waals surface area contributed by atoms with Crippen molar-refractivity contribution in [2.24, 2.45) is 5.73 Å². The van der Waals surface area contributed by atoms with Crippen LogP contribution in [-0.4, -0.2) is 49.1 Å². The molecule has 3 N–H and O–H groups in total. The summed E-state index contributed by atoms with van der Waals surface area (Å²) in [6.45, 7) is 5.50. The van der Waals surface area contributed by atoms with E-state index >= 15 is 0 Å². The number of hydrogen-bond acceptors (Lipinski definition) is 5. The van der Waals surface area contributed by atoms with Gasteiger partial charge in [0.2, 0.25) is 0 Å². The van der Waals surface area contributed by atoms with E-state index < -0.39 is 0 Å². The second-order valence-corrected chi connectivity index (χ2v) is 13.5. The number of rotatable bonds is 36. The molecule has 48 heavy (non-hydrogen) atoms. The summed E-state index contributed by atoms with van der Waals surface area (Å²) in [6.07, 6.45) is 42.1. The van der Waals surface area contributed by atoms with E-state index in [9.17, 15) is 9.59 Å². The van der Waals surface area contributed by atoms with E-state index in [-0.39, 0.29) is 31.1 Å². The first-order chi connectivity index (χ1) is 23.5. The van der Waals surface area contributed by atoms with Gasteiger partial charge in [-0.2, -0.15) is 0 Å². The van der Waals surface area contributed by atoms with E-state index in [1.165, 1.54) is 116 Å². The van der Waals surface area contributed by atoms with Gasteiger partial charge in [-0.3, -0.25) is 15.0 Å². The zero-order valence-corrected chi connectivity index (χ0v) is 31.6. The van der Waals surface area contributed by atoms with E-state index in [0.717, 1.165) is 51.4 Å². The number of unbranched alkanes of at least 4 members (excludes halogenated alkanes) is 22. The van der Waals surface area contributed by atoms with Crippen molar-refractivity contribution in [3.8, 4) is 0 Å². The molecule has 0 bridgehead atoms. The maximum absolute atomic E-state index is 12.1. The van der Waals surface area contributed by atoms with Crippen LogP contribution in [0.25, 0.3) is 0 Å². The normalized spacial score (nSPS) is 11.5. The Kier molecular flexibility index (Phi) is 35.7. The summed E-state index contributed by atoms with van der Waals surface area (Å²) in [6, 6.07) is 0. The minimum atomic E-state index is -0.206. The van der Waals surface area contributed by atoms with E-state index in [1.807, 2.05) is 0 Å². The van der Waals surface area contributed by atoms with Crippen molar-refractivity contribution in [3.63, 3.8) is 0 Å². The van der Waals surface area contributed by atoms with Crippen LogP contribution in [0.1, 0.15) is 194 Å². The minimum Gasteiger partial charge on any atom is -0.464 e. The van der Waals surface area contributed by atoms with Gasteiger partial charge in [0.05, 0.1) is 13.1 Å². The third kappa shape index (κ3) is 35.0. The molecule has 0 saturated heterocycles. The van der Waals surface area contributed by atoms with E-state index in [1.54, 1.807) is 4.90 Å². The van der Waals surface area contributed by atoms with Crippen LogP contribution in [-0.2, 0) is 19.1 Å². The number of guanidine groups is 1. The van der Waals surface area contributed by atoms with Crippen LogP contribution in [0.2, 0.25) is 0 Å². The Bertz CT molecular complexity index is 741. The third-order valence-electron chi connectivity index (χ3n) is 8.87. The molecule has 0 aromatic rings. The summed E-state index contributed by atoms with van der Waals surface area (Å²) in [5.41, 5.74) is 5.69. The van der Waals surface area contributed by atoms with Gasteiger partial charge in [0.1, 0.15) is 13.2 Å². The number of ether oxygens (including phenoxy) is 2. The molecule has 0 amide bonds. The Morgan fingerprint density at radius 3 is 1.10 bits per heavy atom. The topological polar surface area (TPSA) is 106 Å². The highest BCUT2D eigenvalue weighted by Gasteiger charge is 2.10. The number of nitrogens with zero attached hydrogens (tertiary/aromatic N) is 1. The molecule has 0 aliphatic heterocycles. The summed E-state index contributed by atoms with van der Waals surface area (Å²) in [5.74, 6) is -0.526. The van der Waals surface area contributed by atoms with Crippen molar-refractivity contribution < 1.29 is 19.1 Å².